The molecule has 4 aromatic carbocycles. The second-order valence-electron chi connectivity index (χ2n) is 6.97. The van der Waals surface area contributed by atoms with Gasteiger partial charge in [-0.1, -0.05) is 84.3 Å². The Hall–Kier alpha value is -3.96. The first-order valence-corrected chi connectivity index (χ1v) is 9.93. The Labute approximate surface area is 201 Å². The second kappa shape index (κ2) is 9.67. The molecule has 0 aliphatic heterocycles. The molecule has 6 rings (SSSR count). The van der Waals surface area contributed by atoms with E-state index in [0.717, 1.165) is 11.0 Å². The molecule has 0 saturated carbocycles. The normalized spacial score (nSPS) is 10.4. The van der Waals surface area contributed by atoms with E-state index < -0.39 is 0 Å². The van der Waals surface area contributed by atoms with Crippen molar-refractivity contribution >= 4 is 22.2 Å². The van der Waals surface area contributed by atoms with Gasteiger partial charge >= 0.3 is 19.5 Å². The van der Waals surface area contributed by atoms with Gasteiger partial charge in [0.25, 0.3) is 0 Å². The van der Waals surface area contributed by atoms with E-state index in [4.69, 9.17) is 8.83 Å². The van der Waals surface area contributed by atoms with Crippen LogP contribution in [0.1, 0.15) is 0 Å². The van der Waals surface area contributed by atoms with Gasteiger partial charge in [-0.25, -0.2) is 9.97 Å². The van der Waals surface area contributed by atoms with E-state index >= 15 is 0 Å². The van der Waals surface area contributed by atoms with Gasteiger partial charge in [0.15, 0.2) is 11.2 Å². The van der Waals surface area contributed by atoms with Crippen LogP contribution in [0.2, 0.25) is 0 Å². The van der Waals surface area contributed by atoms with Crippen molar-refractivity contribution in [1.29, 1.82) is 0 Å². The van der Waals surface area contributed by atoms with Gasteiger partial charge in [0.05, 0.1) is 0 Å². The van der Waals surface area contributed by atoms with Gasteiger partial charge in [-0.3, -0.25) is 0 Å². The molecule has 0 radical (unpaired) electrons. The average Bonchev–Trinajstić information content (AvgIpc) is 3.44. The van der Waals surface area contributed by atoms with Crippen molar-refractivity contribution in [1.82, 2.24) is 9.97 Å². The molecule has 7 heteroatoms. The molecule has 0 aliphatic carbocycles. The molecule has 0 saturated heterocycles. The molecule has 0 aliphatic rings. The number of aromatic nitrogens is 2. The summed E-state index contributed by atoms with van der Waals surface area (Å²) in [6.45, 7) is 0. The fraction of sp³-hybridized carbons (Fsp3) is 0. The van der Waals surface area contributed by atoms with Crippen LogP contribution < -0.4 is 10.2 Å². The number of nitrogens with zero attached hydrogens (tertiary/aromatic N) is 2. The third kappa shape index (κ3) is 4.64. The fourth-order valence-electron chi connectivity index (χ4n) is 3.26. The number of hydrogen-bond acceptors (Lipinski definition) is 6. The number of oxazole rings is 2. The molecule has 2 aromatic heterocycles. The average molecular weight is 486 g/mol. The van der Waals surface area contributed by atoms with Gasteiger partial charge in [0, 0.05) is 11.1 Å². The van der Waals surface area contributed by atoms with Crippen molar-refractivity contribution in [3.8, 4) is 34.4 Å². The van der Waals surface area contributed by atoms with E-state index in [2.05, 4.69) is 9.97 Å². The smallest absolute Gasteiger partial charge is 0.872 e. The summed E-state index contributed by atoms with van der Waals surface area (Å²) in [6.07, 6.45) is 0. The van der Waals surface area contributed by atoms with Gasteiger partial charge in [0.2, 0.25) is 11.8 Å². The van der Waals surface area contributed by atoms with E-state index in [9.17, 15) is 10.2 Å². The number of benzene rings is 4. The largest absolute Gasteiger partial charge is 2.00 e. The third-order valence-corrected chi connectivity index (χ3v) is 4.82. The van der Waals surface area contributed by atoms with Gasteiger partial charge in [-0.2, -0.15) is 0 Å². The molecule has 6 nitrogen and oxygen atoms in total. The Balaban J connectivity index is 0.000000152. The Bertz CT molecular complexity index is 1340. The Morgan fingerprint density at radius 2 is 0.848 bits per heavy atom. The zero-order valence-corrected chi connectivity index (χ0v) is 20.4. The molecule has 0 amide bonds. The van der Waals surface area contributed by atoms with Crippen molar-refractivity contribution < 1.29 is 38.5 Å². The summed E-state index contributed by atoms with van der Waals surface area (Å²) in [5, 5.41) is 23.2. The van der Waals surface area contributed by atoms with E-state index in [0.29, 0.717) is 34.1 Å². The first-order chi connectivity index (χ1) is 15.7. The van der Waals surface area contributed by atoms with E-state index in [1.165, 1.54) is 12.1 Å². The van der Waals surface area contributed by atoms with Gasteiger partial charge < -0.3 is 19.0 Å². The summed E-state index contributed by atoms with van der Waals surface area (Å²) < 4.78 is 11.0. The maximum atomic E-state index is 11.6. The van der Waals surface area contributed by atoms with Crippen LogP contribution in [0.25, 0.3) is 45.1 Å². The van der Waals surface area contributed by atoms with Crippen molar-refractivity contribution in [3.05, 3.63) is 97.1 Å². The van der Waals surface area contributed by atoms with Crippen molar-refractivity contribution in [2.75, 3.05) is 0 Å². The molecule has 6 aromatic rings. The second-order valence-corrected chi connectivity index (χ2v) is 6.97. The molecule has 2 heterocycles. The Morgan fingerprint density at radius 1 is 0.485 bits per heavy atom. The maximum absolute atomic E-state index is 11.6. The standard InChI is InChI=1S/2C13H9NO2.Zn/c2*15-11-7-3-1-5-9(11)13-14-10-6-2-4-8-12(10)16-13;/h2*1-8,15H;/q;;+2/p-2. The van der Waals surface area contributed by atoms with Crippen LogP contribution in [0.15, 0.2) is 106 Å². The molecule has 0 unspecified atom stereocenters. The molecule has 0 fully saturated rings. The van der Waals surface area contributed by atoms with Crippen LogP contribution in [-0.2, 0) is 19.5 Å². The minimum absolute atomic E-state index is 0. The summed E-state index contributed by atoms with van der Waals surface area (Å²) in [5.41, 5.74) is 3.92. The summed E-state index contributed by atoms with van der Waals surface area (Å²) in [6, 6.07) is 28.3. The maximum Gasteiger partial charge on any atom is 2.00 e. The van der Waals surface area contributed by atoms with Crippen LogP contribution >= 0.6 is 0 Å². The van der Waals surface area contributed by atoms with Gasteiger partial charge in [-0.05, 0) is 24.3 Å². The predicted octanol–water partition coefficient (Wildman–Crippen LogP) is 5.13. The first-order valence-electron chi connectivity index (χ1n) is 9.93. The van der Waals surface area contributed by atoms with Crippen LogP contribution in [0.5, 0.6) is 11.5 Å². The zero-order valence-electron chi connectivity index (χ0n) is 17.5. The van der Waals surface area contributed by atoms with Gasteiger partial charge in [0.1, 0.15) is 11.0 Å². The van der Waals surface area contributed by atoms with E-state index in [1.807, 2.05) is 48.5 Å². The quantitative estimate of drug-likeness (QED) is 0.315. The molecule has 0 spiro atoms. The summed E-state index contributed by atoms with van der Waals surface area (Å²) >= 11 is 0. The number of rotatable bonds is 2. The zero-order chi connectivity index (χ0) is 21.9. The van der Waals surface area contributed by atoms with E-state index in [-0.39, 0.29) is 31.0 Å². The number of hydrogen-bond donors (Lipinski definition) is 0. The number of para-hydroxylation sites is 6. The Morgan fingerprint density at radius 3 is 1.24 bits per heavy atom. The summed E-state index contributed by atoms with van der Waals surface area (Å²) in [4.78, 5) is 8.55. The molecule has 156 valence electrons. The van der Waals surface area contributed by atoms with Crippen LogP contribution in [-0.4, -0.2) is 9.97 Å². The monoisotopic (exact) mass is 484 g/mol. The minimum Gasteiger partial charge on any atom is -0.872 e. The van der Waals surface area contributed by atoms with Gasteiger partial charge in [-0.15, -0.1) is 0 Å². The third-order valence-electron chi connectivity index (χ3n) is 4.82. The summed E-state index contributed by atoms with van der Waals surface area (Å²) in [7, 11) is 0. The van der Waals surface area contributed by atoms with Crippen LogP contribution in [0.3, 0.4) is 0 Å². The molecular weight excluding hydrogens is 470 g/mol. The molecule has 0 atom stereocenters. The van der Waals surface area contributed by atoms with Crippen molar-refractivity contribution in [2.24, 2.45) is 0 Å². The first kappa shape index (κ1) is 22.2. The summed E-state index contributed by atoms with van der Waals surface area (Å²) in [5.74, 6) is 0.613. The van der Waals surface area contributed by atoms with Crippen molar-refractivity contribution in [3.63, 3.8) is 0 Å². The topological polar surface area (TPSA) is 98.2 Å². The SMILES string of the molecule is [O-]c1ccccc1-c1nc2ccccc2o1.[O-]c1ccccc1-c1nc2ccccc2o1.[Zn+2]. The van der Waals surface area contributed by atoms with E-state index in [1.54, 1.807) is 36.4 Å². The minimum atomic E-state index is -0.0749. The van der Waals surface area contributed by atoms with Crippen molar-refractivity contribution in [2.45, 2.75) is 0 Å². The Kier molecular flexibility index (Phi) is 6.52. The fourth-order valence-corrected chi connectivity index (χ4v) is 3.26. The molecular formula is C26H16N2O4Zn. The molecule has 0 bridgehead atoms. The molecule has 33 heavy (non-hydrogen) atoms. The number of fused-ring (bicyclic) bond motifs is 2. The van der Waals surface area contributed by atoms with Crippen LogP contribution in [0.4, 0.5) is 0 Å². The van der Waals surface area contributed by atoms with Crippen LogP contribution in [0, 0.1) is 0 Å². The predicted molar refractivity (Wildman–Crippen MR) is 118 cm³/mol. The molecule has 0 N–H and O–H groups in total.